The number of aliphatic hydroxyl groups excluding tert-OH is 3. The molecule has 11 heteroatoms. The van der Waals surface area contributed by atoms with E-state index in [1.54, 1.807) is 24.3 Å². The number of carboxylic acids is 1. The fourth-order valence-corrected chi connectivity index (χ4v) is 5.00. The minimum absolute atomic E-state index is 0.0143. The predicted molar refractivity (Wildman–Crippen MR) is 120 cm³/mol. The van der Waals surface area contributed by atoms with Gasteiger partial charge < -0.3 is 39.8 Å². The van der Waals surface area contributed by atoms with E-state index in [4.69, 9.17) is 9.47 Å². The van der Waals surface area contributed by atoms with Gasteiger partial charge in [-0.05, 0) is 12.0 Å². The van der Waals surface area contributed by atoms with Gasteiger partial charge in [-0.25, -0.2) is 9.59 Å². The predicted octanol–water partition coefficient (Wildman–Crippen LogP) is 0.750. The number of carboxylic acid groups (broad SMARTS) is 1. The summed E-state index contributed by atoms with van der Waals surface area (Å²) in [5, 5.41) is 41.7. The number of carbonyl (C=O) groups excluding carboxylic acids is 1. The molecule has 0 radical (unpaired) electrons. The third-order valence-electron chi connectivity index (χ3n) is 5.55. The summed E-state index contributed by atoms with van der Waals surface area (Å²) < 4.78 is 23.0. The monoisotopic (exact) mass is 487 g/mol. The van der Waals surface area contributed by atoms with Crippen LogP contribution >= 0.6 is 0 Å². The molecule has 5 N–H and O–H groups in total. The molecule has 1 heterocycles. The van der Waals surface area contributed by atoms with Crippen LogP contribution in [0.15, 0.2) is 30.3 Å². The molecule has 1 amide bonds. The number of aliphatic carboxylic acids is 1. The summed E-state index contributed by atoms with van der Waals surface area (Å²) in [6, 6.07) is 7.62. The van der Waals surface area contributed by atoms with Crippen molar-refractivity contribution in [2.24, 2.45) is 5.92 Å². The molecular formula is C22H33NO9S. The largest absolute Gasteiger partial charge is 0.616 e. The minimum Gasteiger partial charge on any atom is -0.616 e. The molecule has 0 spiro atoms. The van der Waals surface area contributed by atoms with Crippen LogP contribution in [0.25, 0.3) is 0 Å². The second-order valence-corrected chi connectivity index (χ2v) is 9.67. The molecular weight excluding hydrogens is 454 g/mol. The van der Waals surface area contributed by atoms with Gasteiger partial charge in [-0.15, -0.1) is 0 Å². The zero-order valence-corrected chi connectivity index (χ0v) is 19.4. The van der Waals surface area contributed by atoms with Gasteiger partial charge in [-0.3, -0.25) is 0 Å². The van der Waals surface area contributed by atoms with E-state index < -0.39 is 59.8 Å². The Balaban J connectivity index is 1.85. The Morgan fingerprint density at radius 2 is 1.91 bits per heavy atom. The molecule has 1 aromatic carbocycles. The number of benzene rings is 1. The highest BCUT2D eigenvalue weighted by atomic mass is 32.2. The Morgan fingerprint density at radius 3 is 2.55 bits per heavy atom. The lowest BCUT2D eigenvalue weighted by molar-refractivity contribution is -0.264. The van der Waals surface area contributed by atoms with Gasteiger partial charge in [0.05, 0.1) is 6.10 Å². The summed E-state index contributed by atoms with van der Waals surface area (Å²) in [6.45, 7) is 1.96. The highest BCUT2D eigenvalue weighted by Crippen LogP contribution is 2.30. The van der Waals surface area contributed by atoms with E-state index in [1.165, 1.54) is 0 Å². The SMILES string of the molecule is CCCCC1C(C[S+]([O-])CCC(NC(=O)OCc2ccccc2)C(=O)O)OC(O)C(O)C1O. The van der Waals surface area contributed by atoms with Crippen molar-refractivity contribution in [3.63, 3.8) is 0 Å². The summed E-state index contributed by atoms with van der Waals surface area (Å²) in [5.74, 6) is -1.88. The summed E-state index contributed by atoms with van der Waals surface area (Å²) in [4.78, 5) is 23.5. The Kier molecular flexibility index (Phi) is 11.4. The van der Waals surface area contributed by atoms with E-state index in [1.807, 2.05) is 13.0 Å². The molecule has 186 valence electrons. The van der Waals surface area contributed by atoms with Crippen molar-refractivity contribution in [3.05, 3.63) is 35.9 Å². The smallest absolute Gasteiger partial charge is 0.408 e. The first-order valence-electron chi connectivity index (χ1n) is 11.0. The Hall–Kier alpha value is -1.89. The summed E-state index contributed by atoms with van der Waals surface area (Å²) >= 11 is -1.55. The third kappa shape index (κ3) is 8.76. The number of rotatable bonds is 12. The van der Waals surface area contributed by atoms with Crippen molar-refractivity contribution in [2.45, 2.75) is 69.9 Å². The molecule has 0 saturated carbocycles. The van der Waals surface area contributed by atoms with E-state index in [2.05, 4.69) is 5.32 Å². The first-order chi connectivity index (χ1) is 15.7. The zero-order chi connectivity index (χ0) is 24.4. The lowest BCUT2D eigenvalue weighted by atomic mass is 9.86. The number of nitrogens with one attached hydrogen (secondary N) is 1. The molecule has 2 rings (SSSR count). The van der Waals surface area contributed by atoms with Gasteiger partial charge in [-0.2, -0.15) is 0 Å². The quantitative estimate of drug-likeness (QED) is 0.267. The van der Waals surface area contributed by atoms with Crippen LogP contribution in [0.3, 0.4) is 0 Å². The number of hydrogen-bond acceptors (Lipinski definition) is 8. The second-order valence-electron chi connectivity index (χ2n) is 8.05. The van der Waals surface area contributed by atoms with Crippen molar-refractivity contribution in [3.8, 4) is 0 Å². The topological polar surface area (TPSA) is 169 Å². The number of ether oxygens (including phenoxy) is 2. The third-order valence-corrected chi connectivity index (χ3v) is 6.94. The molecule has 10 nitrogen and oxygen atoms in total. The lowest BCUT2D eigenvalue weighted by Crippen LogP contribution is -2.56. The van der Waals surface area contributed by atoms with Gasteiger partial charge in [0.1, 0.15) is 36.4 Å². The van der Waals surface area contributed by atoms with E-state index in [-0.39, 0.29) is 24.5 Å². The molecule has 1 aliphatic rings. The molecule has 1 aromatic rings. The molecule has 1 saturated heterocycles. The van der Waals surface area contributed by atoms with Crippen molar-refractivity contribution in [1.29, 1.82) is 0 Å². The maximum absolute atomic E-state index is 12.6. The van der Waals surface area contributed by atoms with E-state index in [9.17, 15) is 34.6 Å². The molecule has 0 aromatic heterocycles. The van der Waals surface area contributed by atoms with Gasteiger partial charge >= 0.3 is 12.1 Å². The van der Waals surface area contributed by atoms with Crippen molar-refractivity contribution < 1.29 is 44.0 Å². The number of hydrogen-bond donors (Lipinski definition) is 5. The van der Waals surface area contributed by atoms with Crippen molar-refractivity contribution >= 4 is 23.2 Å². The fourth-order valence-electron chi connectivity index (χ4n) is 3.64. The van der Waals surface area contributed by atoms with Gasteiger partial charge in [0.2, 0.25) is 0 Å². The fraction of sp³-hybridized carbons (Fsp3) is 0.636. The van der Waals surface area contributed by atoms with Crippen molar-refractivity contribution in [1.82, 2.24) is 5.32 Å². The van der Waals surface area contributed by atoms with E-state index in [0.29, 0.717) is 6.42 Å². The highest BCUT2D eigenvalue weighted by molar-refractivity contribution is 7.91. The van der Waals surface area contributed by atoms with Crippen LogP contribution in [-0.4, -0.2) is 79.2 Å². The second kappa shape index (κ2) is 13.7. The molecule has 7 unspecified atom stereocenters. The normalized spacial score (nSPS) is 26.9. The van der Waals surface area contributed by atoms with E-state index >= 15 is 0 Å². The van der Waals surface area contributed by atoms with Crippen LogP contribution in [0.5, 0.6) is 0 Å². The molecule has 1 aliphatic heterocycles. The average Bonchev–Trinajstić information content (AvgIpc) is 2.79. The zero-order valence-electron chi connectivity index (χ0n) is 18.5. The van der Waals surface area contributed by atoms with Crippen LogP contribution in [-0.2, 0) is 32.1 Å². The van der Waals surface area contributed by atoms with Crippen molar-refractivity contribution in [2.75, 3.05) is 11.5 Å². The molecule has 0 aliphatic carbocycles. The average molecular weight is 488 g/mol. The number of unbranched alkanes of at least 4 members (excludes halogenated alkanes) is 1. The Morgan fingerprint density at radius 1 is 1.21 bits per heavy atom. The molecule has 33 heavy (non-hydrogen) atoms. The van der Waals surface area contributed by atoms with Gasteiger partial charge in [0.25, 0.3) is 0 Å². The Bertz CT molecular complexity index is 738. The van der Waals surface area contributed by atoms with Crippen LogP contribution < -0.4 is 5.32 Å². The lowest BCUT2D eigenvalue weighted by Gasteiger charge is -2.41. The maximum atomic E-state index is 12.6. The van der Waals surface area contributed by atoms with Crippen LogP contribution in [0.1, 0.15) is 38.2 Å². The number of alkyl carbamates (subject to hydrolysis) is 1. The molecule has 1 fully saturated rings. The van der Waals surface area contributed by atoms with Gasteiger partial charge in [0.15, 0.2) is 6.29 Å². The first kappa shape index (κ1) is 27.4. The van der Waals surface area contributed by atoms with Gasteiger partial charge in [-0.1, -0.05) is 61.3 Å². The number of carbonyl (C=O) groups is 2. The summed E-state index contributed by atoms with van der Waals surface area (Å²) in [7, 11) is 0. The van der Waals surface area contributed by atoms with E-state index in [0.717, 1.165) is 18.4 Å². The first-order valence-corrected chi connectivity index (χ1v) is 12.5. The standard InChI is InChI=1S/C22H33NO9S/c1-2-3-9-15-17(32-21(28)19(25)18(15)24)13-33(30)11-10-16(20(26)27)23-22(29)31-12-14-7-5-4-6-8-14/h4-8,15-19,21,24-25,28H,2-3,9-13H2,1H3,(H,23,29)(H,26,27). The molecule has 0 bridgehead atoms. The Labute approximate surface area is 196 Å². The summed E-state index contributed by atoms with van der Waals surface area (Å²) in [6.07, 6.45) is -3.87. The highest BCUT2D eigenvalue weighted by Gasteiger charge is 2.45. The minimum atomic E-state index is -1.59. The van der Waals surface area contributed by atoms with Crippen LogP contribution in [0.2, 0.25) is 0 Å². The maximum Gasteiger partial charge on any atom is 0.408 e. The van der Waals surface area contributed by atoms with Gasteiger partial charge in [0, 0.05) is 12.3 Å². The molecule has 7 atom stereocenters. The number of amides is 1. The number of aliphatic hydroxyl groups is 3. The summed E-state index contributed by atoms with van der Waals surface area (Å²) in [5.41, 5.74) is 0.750. The van der Waals surface area contributed by atoms with Crippen LogP contribution in [0, 0.1) is 5.92 Å². The van der Waals surface area contributed by atoms with Crippen LogP contribution in [0.4, 0.5) is 4.79 Å².